The summed E-state index contributed by atoms with van der Waals surface area (Å²) < 4.78 is 12.7. The van der Waals surface area contributed by atoms with Crippen molar-refractivity contribution in [2.75, 3.05) is 25.4 Å². The van der Waals surface area contributed by atoms with Gasteiger partial charge in [-0.25, -0.2) is 19.7 Å². The first-order valence-electron chi connectivity index (χ1n) is 15.1. The second-order valence-electron chi connectivity index (χ2n) is 11.4. The number of aryl methyl sites for hydroxylation is 1. The molecule has 1 unspecified atom stereocenters. The zero-order valence-corrected chi connectivity index (χ0v) is 23.9. The van der Waals surface area contributed by atoms with Gasteiger partial charge in [-0.3, -0.25) is 9.36 Å². The van der Waals surface area contributed by atoms with Gasteiger partial charge in [-0.2, -0.15) is 0 Å². The zero-order chi connectivity index (χ0) is 29.1. The standard InChI is InChI=1S/C26H37N7O6.C2H6/c27-22-18-23(33(13-28-18)25-20(35)19(34)21(39-25)24(36)29-16-6-7-16)31-17(30-22)3-1-2-14-8-10-32(11-9-14)26(37)38-12-15-4-5-15;1-2/h13-16,19-21,25,34-35H,1-12H2,(H,29,36)(H2,27,30,31);1-2H3/t19?,20-,21-,25+;/m0./s1. The molecule has 4 atom stereocenters. The molecule has 13 heteroatoms. The summed E-state index contributed by atoms with van der Waals surface area (Å²) in [6.07, 6.45) is 4.79. The van der Waals surface area contributed by atoms with Gasteiger partial charge >= 0.3 is 6.09 Å². The van der Waals surface area contributed by atoms with Crippen LogP contribution in [0.1, 0.15) is 77.3 Å². The first-order chi connectivity index (χ1) is 19.9. The van der Waals surface area contributed by atoms with Crippen LogP contribution in [0, 0.1) is 11.8 Å². The molecule has 5 N–H and O–H groups in total. The molecule has 2 amide bonds. The molecule has 4 heterocycles. The number of nitrogens with two attached hydrogens (primary N) is 1. The van der Waals surface area contributed by atoms with Gasteiger partial charge < -0.3 is 35.6 Å². The molecule has 4 aliphatic rings. The van der Waals surface area contributed by atoms with Crippen molar-refractivity contribution >= 4 is 29.0 Å². The van der Waals surface area contributed by atoms with Gasteiger partial charge in [-0.1, -0.05) is 13.8 Å². The summed E-state index contributed by atoms with van der Waals surface area (Å²) in [6, 6.07) is 0.106. The molecule has 4 fully saturated rings. The molecule has 2 aromatic rings. The lowest BCUT2D eigenvalue weighted by Gasteiger charge is -2.31. The summed E-state index contributed by atoms with van der Waals surface area (Å²) in [5.41, 5.74) is 6.94. The number of carbonyl (C=O) groups is 2. The van der Waals surface area contributed by atoms with Crippen LogP contribution in [0.4, 0.5) is 10.6 Å². The van der Waals surface area contributed by atoms with Crippen molar-refractivity contribution in [1.29, 1.82) is 0 Å². The molecule has 0 radical (unpaired) electrons. The minimum atomic E-state index is -1.38. The monoisotopic (exact) mass is 573 g/mol. The molecule has 226 valence electrons. The normalized spacial score (nSPS) is 26.5. The number of nitrogen functional groups attached to an aromatic ring is 1. The molecule has 2 saturated carbocycles. The molecule has 0 aromatic carbocycles. The molecule has 2 aliphatic carbocycles. The largest absolute Gasteiger partial charge is 0.449 e. The molecule has 41 heavy (non-hydrogen) atoms. The summed E-state index contributed by atoms with van der Waals surface area (Å²) >= 11 is 0. The van der Waals surface area contributed by atoms with Crippen LogP contribution in [0.15, 0.2) is 6.33 Å². The van der Waals surface area contributed by atoms with Crippen LogP contribution < -0.4 is 11.1 Å². The summed E-state index contributed by atoms with van der Waals surface area (Å²) in [7, 11) is 0. The number of nitrogens with one attached hydrogen (secondary N) is 1. The van der Waals surface area contributed by atoms with Crippen LogP contribution in [0.25, 0.3) is 11.2 Å². The van der Waals surface area contributed by atoms with E-state index in [1.165, 1.54) is 23.7 Å². The van der Waals surface area contributed by atoms with E-state index in [-0.39, 0.29) is 18.0 Å². The number of anilines is 1. The first kappa shape index (κ1) is 29.5. The van der Waals surface area contributed by atoms with E-state index < -0.39 is 30.4 Å². The average molecular weight is 574 g/mol. The number of rotatable bonds is 9. The van der Waals surface area contributed by atoms with Gasteiger partial charge in [0.05, 0.1) is 12.9 Å². The summed E-state index contributed by atoms with van der Waals surface area (Å²) in [5, 5.41) is 24.0. The number of aliphatic hydroxyl groups excluding tert-OH is 2. The highest BCUT2D eigenvalue weighted by molar-refractivity contribution is 5.83. The number of likely N-dealkylation sites (tertiary alicyclic amines) is 1. The maximum atomic E-state index is 12.5. The Hall–Kier alpha value is -3.03. The Balaban J connectivity index is 0.00000165. The van der Waals surface area contributed by atoms with Crippen LogP contribution in [-0.4, -0.2) is 90.7 Å². The van der Waals surface area contributed by atoms with E-state index in [1.54, 1.807) is 0 Å². The molecule has 2 saturated heterocycles. The van der Waals surface area contributed by atoms with Crippen LogP contribution >= 0.6 is 0 Å². The summed E-state index contributed by atoms with van der Waals surface area (Å²) in [6.45, 7) is 5.99. The highest BCUT2D eigenvalue weighted by atomic mass is 16.6. The molecule has 6 rings (SSSR count). The molecule has 13 nitrogen and oxygen atoms in total. The molecule has 0 bridgehead atoms. The maximum Gasteiger partial charge on any atom is 0.409 e. The quantitative estimate of drug-likeness (QED) is 0.346. The van der Waals surface area contributed by atoms with Gasteiger partial charge in [0.15, 0.2) is 23.8 Å². The van der Waals surface area contributed by atoms with Crippen molar-refractivity contribution in [1.82, 2.24) is 29.7 Å². The van der Waals surface area contributed by atoms with Gasteiger partial charge in [-0.15, -0.1) is 0 Å². The minimum absolute atomic E-state index is 0.106. The number of aliphatic hydroxyl groups is 2. The van der Waals surface area contributed by atoms with Gasteiger partial charge in [0.2, 0.25) is 0 Å². The Morgan fingerprint density at radius 3 is 2.49 bits per heavy atom. The fraction of sp³-hybridized carbons (Fsp3) is 0.750. The van der Waals surface area contributed by atoms with Crippen molar-refractivity contribution in [3.05, 3.63) is 12.2 Å². The number of ether oxygens (including phenoxy) is 2. The van der Waals surface area contributed by atoms with E-state index in [0.29, 0.717) is 41.9 Å². The second-order valence-corrected chi connectivity index (χ2v) is 11.4. The number of carbonyl (C=O) groups excluding carboxylic acids is 2. The van der Waals surface area contributed by atoms with Crippen LogP contribution in [0.5, 0.6) is 0 Å². The number of hydrogen-bond donors (Lipinski definition) is 4. The Kier molecular flexibility index (Phi) is 9.25. The van der Waals surface area contributed by atoms with E-state index in [0.717, 1.165) is 51.6 Å². The lowest BCUT2D eigenvalue weighted by atomic mass is 9.91. The molecule has 2 aromatic heterocycles. The second kappa shape index (κ2) is 12.9. The van der Waals surface area contributed by atoms with Gasteiger partial charge in [0, 0.05) is 25.6 Å². The van der Waals surface area contributed by atoms with Crippen LogP contribution in [0.2, 0.25) is 0 Å². The number of piperidine rings is 1. The third-order valence-electron chi connectivity index (χ3n) is 8.21. The molecule has 0 spiro atoms. The highest BCUT2D eigenvalue weighted by Crippen LogP contribution is 2.33. The number of hydrogen-bond acceptors (Lipinski definition) is 10. The fourth-order valence-corrected chi connectivity index (χ4v) is 5.42. The summed E-state index contributed by atoms with van der Waals surface area (Å²) in [4.78, 5) is 39.9. The van der Waals surface area contributed by atoms with E-state index >= 15 is 0 Å². The van der Waals surface area contributed by atoms with Gasteiger partial charge in [0.25, 0.3) is 5.91 Å². The number of aromatic nitrogens is 4. The van der Waals surface area contributed by atoms with Crippen molar-refractivity contribution in [2.45, 2.75) is 102 Å². The smallest absolute Gasteiger partial charge is 0.409 e. The van der Waals surface area contributed by atoms with Crippen molar-refractivity contribution in [2.24, 2.45) is 11.8 Å². The molecular weight excluding hydrogens is 530 g/mol. The van der Waals surface area contributed by atoms with Crippen LogP contribution in [-0.2, 0) is 20.7 Å². The van der Waals surface area contributed by atoms with Gasteiger partial charge in [-0.05, 0) is 63.2 Å². The lowest BCUT2D eigenvalue weighted by Crippen LogP contribution is -2.43. The first-order valence-corrected chi connectivity index (χ1v) is 15.1. The van der Waals surface area contributed by atoms with Gasteiger partial charge in [0.1, 0.15) is 23.5 Å². The van der Waals surface area contributed by atoms with E-state index in [1.807, 2.05) is 18.7 Å². The fourth-order valence-electron chi connectivity index (χ4n) is 5.42. The Labute approximate surface area is 239 Å². The van der Waals surface area contributed by atoms with Crippen molar-refractivity contribution in [3.63, 3.8) is 0 Å². The number of fused-ring (bicyclic) bond motifs is 1. The average Bonchev–Trinajstić information content (AvgIpc) is 3.91. The van der Waals surface area contributed by atoms with Crippen molar-refractivity contribution in [3.8, 4) is 0 Å². The van der Waals surface area contributed by atoms with Crippen molar-refractivity contribution < 1.29 is 29.3 Å². The maximum absolute atomic E-state index is 12.5. The Bertz CT molecular complexity index is 1210. The zero-order valence-electron chi connectivity index (χ0n) is 23.9. The lowest BCUT2D eigenvalue weighted by molar-refractivity contribution is -0.137. The minimum Gasteiger partial charge on any atom is -0.449 e. The number of amides is 2. The molecular formula is C28H43N7O6. The topological polar surface area (TPSA) is 178 Å². The SMILES string of the molecule is CC.Nc1nc(CCCC2CCN(C(=O)OCC3CC3)CC2)nc2c1ncn2[C@@H]1O[C@H](C(=O)NC2CC2)C(O)[C@@H]1O. The van der Waals surface area contributed by atoms with Crippen LogP contribution in [0.3, 0.4) is 0 Å². The Morgan fingerprint density at radius 1 is 1.07 bits per heavy atom. The molecule has 2 aliphatic heterocycles. The summed E-state index contributed by atoms with van der Waals surface area (Å²) in [5.74, 6) is 1.43. The third-order valence-corrected chi connectivity index (χ3v) is 8.21. The van der Waals surface area contributed by atoms with E-state index in [4.69, 9.17) is 15.2 Å². The third kappa shape index (κ3) is 6.90. The Morgan fingerprint density at radius 2 is 1.80 bits per heavy atom. The van der Waals surface area contributed by atoms with E-state index in [9.17, 15) is 19.8 Å². The predicted octanol–water partition coefficient (Wildman–Crippen LogP) is 1.91. The predicted molar refractivity (Wildman–Crippen MR) is 149 cm³/mol. The number of nitrogens with zero attached hydrogens (tertiary/aromatic N) is 5. The van der Waals surface area contributed by atoms with E-state index in [2.05, 4.69) is 20.3 Å². The highest BCUT2D eigenvalue weighted by Gasteiger charge is 2.48. The number of imidazole rings is 1.